The van der Waals surface area contributed by atoms with Gasteiger partial charge in [-0.05, 0) is 68.3 Å². The maximum Gasteiger partial charge on any atom is 0.170 e. The Labute approximate surface area is 131 Å². The molecule has 0 heterocycles. The standard InChI is InChI=1S/C13H9Br2FN2O2/c14-9-5-7(13(17)18-19)1-3-11(9)20-12-4-2-8(16)6-10(12)15/h1-6,19H,(H2,17,18). The van der Waals surface area contributed by atoms with Crippen molar-refractivity contribution >= 4 is 37.7 Å². The van der Waals surface area contributed by atoms with Gasteiger partial charge in [-0.1, -0.05) is 5.16 Å². The predicted molar refractivity (Wildman–Crippen MR) is 80.8 cm³/mol. The first-order chi connectivity index (χ1) is 9.51. The zero-order valence-electron chi connectivity index (χ0n) is 9.98. The fraction of sp³-hybridized carbons (Fsp3) is 0. The van der Waals surface area contributed by atoms with Gasteiger partial charge in [0, 0.05) is 5.56 Å². The van der Waals surface area contributed by atoms with Crippen molar-refractivity contribution in [1.29, 1.82) is 0 Å². The van der Waals surface area contributed by atoms with Gasteiger partial charge in [0.05, 0.1) is 8.95 Å². The Morgan fingerprint density at radius 2 is 1.70 bits per heavy atom. The van der Waals surface area contributed by atoms with E-state index in [1.165, 1.54) is 18.2 Å². The van der Waals surface area contributed by atoms with E-state index < -0.39 is 0 Å². The second-order valence-corrected chi connectivity index (χ2v) is 5.52. The SMILES string of the molecule is N/C(=N/O)c1ccc(Oc2ccc(F)cc2Br)c(Br)c1. The fourth-order valence-electron chi connectivity index (χ4n) is 1.48. The summed E-state index contributed by atoms with van der Waals surface area (Å²) >= 11 is 6.56. The van der Waals surface area contributed by atoms with Crippen LogP contribution < -0.4 is 10.5 Å². The molecule has 0 amide bonds. The molecule has 20 heavy (non-hydrogen) atoms. The molecule has 2 aromatic carbocycles. The minimum absolute atomic E-state index is 0.000197. The Kier molecular flexibility index (Phi) is 4.61. The number of hydrogen-bond acceptors (Lipinski definition) is 3. The number of ether oxygens (including phenoxy) is 1. The summed E-state index contributed by atoms with van der Waals surface area (Å²) in [7, 11) is 0. The molecule has 4 nitrogen and oxygen atoms in total. The largest absolute Gasteiger partial charge is 0.455 e. The molecule has 0 aliphatic heterocycles. The average Bonchev–Trinajstić information content (AvgIpc) is 2.42. The lowest BCUT2D eigenvalue weighted by molar-refractivity contribution is 0.318. The molecule has 104 valence electrons. The zero-order valence-corrected chi connectivity index (χ0v) is 13.2. The van der Waals surface area contributed by atoms with E-state index in [-0.39, 0.29) is 11.7 Å². The van der Waals surface area contributed by atoms with Gasteiger partial charge < -0.3 is 15.7 Å². The van der Waals surface area contributed by atoms with Gasteiger partial charge >= 0.3 is 0 Å². The molecule has 0 saturated heterocycles. The topological polar surface area (TPSA) is 67.8 Å². The van der Waals surface area contributed by atoms with E-state index in [0.29, 0.717) is 26.0 Å². The van der Waals surface area contributed by atoms with Crippen molar-refractivity contribution in [3.8, 4) is 11.5 Å². The van der Waals surface area contributed by atoms with Crippen LogP contribution in [0.5, 0.6) is 11.5 Å². The van der Waals surface area contributed by atoms with Crippen LogP contribution in [0.1, 0.15) is 5.56 Å². The number of benzene rings is 2. The van der Waals surface area contributed by atoms with E-state index in [4.69, 9.17) is 15.7 Å². The zero-order chi connectivity index (χ0) is 14.7. The van der Waals surface area contributed by atoms with Crippen molar-refractivity contribution < 1.29 is 14.3 Å². The van der Waals surface area contributed by atoms with Crippen molar-refractivity contribution in [2.45, 2.75) is 0 Å². The van der Waals surface area contributed by atoms with E-state index in [2.05, 4.69) is 37.0 Å². The van der Waals surface area contributed by atoms with Crippen LogP contribution in [0.3, 0.4) is 0 Å². The minimum atomic E-state index is -0.356. The van der Waals surface area contributed by atoms with Crippen LogP contribution in [0.25, 0.3) is 0 Å². The quantitative estimate of drug-likeness (QED) is 0.348. The molecule has 0 bridgehead atoms. The summed E-state index contributed by atoms with van der Waals surface area (Å²) in [6, 6.07) is 9.09. The normalized spacial score (nSPS) is 11.4. The number of amidine groups is 1. The molecule has 7 heteroatoms. The van der Waals surface area contributed by atoms with Crippen molar-refractivity contribution in [2.75, 3.05) is 0 Å². The molecule has 2 aromatic rings. The van der Waals surface area contributed by atoms with Gasteiger partial charge in [0.2, 0.25) is 0 Å². The van der Waals surface area contributed by atoms with E-state index >= 15 is 0 Å². The summed E-state index contributed by atoms with van der Waals surface area (Å²) in [5, 5.41) is 11.5. The van der Waals surface area contributed by atoms with E-state index in [9.17, 15) is 4.39 Å². The summed E-state index contributed by atoms with van der Waals surface area (Å²) in [5.41, 5.74) is 6.04. The molecule has 0 unspecified atom stereocenters. The number of nitrogens with two attached hydrogens (primary N) is 1. The van der Waals surface area contributed by atoms with E-state index in [1.807, 2.05) is 0 Å². The Bertz CT molecular complexity index is 677. The second-order valence-electron chi connectivity index (χ2n) is 3.81. The minimum Gasteiger partial charge on any atom is -0.455 e. The lowest BCUT2D eigenvalue weighted by Crippen LogP contribution is -2.12. The Hall–Kier alpha value is -1.60. The lowest BCUT2D eigenvalue weighted by atomic mass is 10.2. The third-order valence-corrected chi connectivity index (χ3v) is 3.69. The first-order valence-electron chi connectivity index (χ1n) is 5.41. The number of nitrogens with zero attached hydrogens (tertiary/aromatic N) is 1. The first-order valence-corrected chi connectivity index (χ1v) is 7.00. The van der Waals surface area contributed by atoms with Gasteiger partial charge in [-0.25, -0.2) is 4.39 Å². The summed E-state index contributed by atoms with van der Waals surface area (Å²) < 4.78 is 19.8. The molecule has 0 spiro atoms. The molecule has 0 saturated carbocycles. The van der Waals surface area contributed by atoms with Gasteiger partial charge in [0.1, 0.15) is 17.3 Å². The molecule has 0 radical (unpaired) electrons. The monoisotopic (exact) mass is 402 g/mol. The highest BCUT2D eigenvalue weighted by Crippen LogP contribution is 2.34. The molecular weight excluding hydrogens is 395 g/mol. The van der Waals surface area contributed by atoms with Crippen molar-refractivity contribution in [2.24, 2.45) is 10.9 Å². The highest BCUT2D eigenvalue weighted by atomic mass is 79.9. The molecule has 3 N–H and O–H groups in total. The van der Waals surface area contributed by atoms with Crippen LogP contribution in [0, 0.1) is 5.82 Å². The summed E-state index contributed by atoms with van der Waals surface area (Å²) in [5.74, 6) is 0.640. The third-order valence-electron chi connectivity index (χ3n) is 2.45. The van der Waals surface area contributed by atoms with Crippen LogP contribution in [0.2, 0.25) is 0 Å². The van der Waals surface area contributed by atoms with Crippen LogP contribution in [0.15, 0.2) is 50.5 Å². The van der Waals surface area contributed by atoms with Crippen LogP contribution in [0.4, 0.5) is 4.39 Å². The van der Waals surface area contributed by atoms with E-state index in [1.54, 1.807) is 18.2 Å². The lowest BCUT2D eigenvalue weighted by Gasteiger charge is -2.10. The molecule has 0 fully saturated rings. The maximum absolute atomic E-state index is 13.0. The molecule has 0 aromatic heterocycles. The number of halogens is 3. The first kappa shape index (κ1) is 14.8. The third kappa shape index (κ3) is 3.29. The summed E-state index contributed by atoms with van der Waals surface area (Å²) in [6.07, 6.45) is 0. The second kappa shape index (κ2) is 6.23. The Morgan fingerprint density at radius 3 is 2.25 bits per heavy atom. The van der Waals surface area contributed by atoms with Gasteiger partial charge in [0.15, 0.2) is 5.84 Å². The molecule has 0 aliphatic rings. The van der Waals surface area contributed by atoms with Crippen LogP contribution in [-0.4, -0.2) is 11.0 Å². The molecule has 2 rings (SSSR count). The summed E-state index contributed by atoms with van der Waals surface area (Å²) in [6.45, 7) is 0. The molecule has 0 atom stereocenters. The fourth-order valence-corrected chi connectivity index (χ4v) is 2.37. The van der Waals surface area contributed by atoms with Gasteiger partial charge in [-0.2, -0.15) is 0 Å². The van der Waals surface area contributed by atoms with E-state index in [0.717, 1.165) is 0 Å². The Balaban J connectivity index is 2.30. The molecule has 0 aliphatic carbocycles. The van der Waals surface area contributed by atoms with Crippen LogP contribution >= 0.6 is 31.9 Å². The van der Waals surface area contributed by atoms with Crippen LogP contribution in [-0.2, 0) is 0 Å². The highest BCUT2D eigenvalue weighted by molar-refractivity contribution is 9.11. The number of oxime groups is 1. The van der Waals surface area contributed by atoms with Crippen molar-refractivity contribution in [3.63, 3.8) is 0 Å². The van der Waals surface area contributed by atoms with Crippen molar-refractivity contribution in [3.05, 3.63) is 56.7 Å². The summed E-state index contributed by atoms with van der Waals surface area (Å²) in [4.78, 5) is 0. The predicted octanol–water partition coefficient (Wildman–Crippen LogP) is 4.24. The van der Waals surface area contributed by atoms with Gasteiger partial charge in [-0.3, -0.25) is 0 Å². The van der Waals surface area contributed by atoms with Crippen molar-refractivity contribution in [1.82, 2.24) is 0 Å². The van der Waals surface area contributed by atoms with Gasteiger partial charge in [-0.15, -0.1) is 0 Å². The number of hydrogen-bond donors (Lipinski definition) is 2. The molecular formula is C13H9Br2FN2O2. The Morgan fingerprint density at radius 1 is 1.10 bits per heavy atom. The van der Waals surface area contributed by atoms with Gasteiger partial charge in [0.25, 0.3) is 0 Å². The maximum atomic E-state index is 13.0. The highest BCUT2D eigenvalue weighted by Gasteiger charge is 2.09. The number of rotatable bonds is 3. The average molecular weight is 404 g/mol. The smallest absolute Gasteiger partial charge is 0.170 e.